The SMILES string of the molecule is CCCC(C(O)CC1=C[C+](C(C)C)C=N1)C1CC(CC2CCNC(N)C2)CC2C#CC(C3CCCCC3)C3CC(O)C(OC)CC3CCC(=O)C(O)C(=O)C2C1. The molecule has 6 N–H and O–H groups in total. The van der Waals surface area contributed by atoms with Gasteiger partial charge in [-0.2, -0.15) is 0 Å². The Balaban J connectivity index is 1.38. The van der Waals surface area contributed by atoms with Crippen molar-refractivity contribution < 1.29 is 29.6 Å². The van der Waals surface area contributed by atoms with Crippen LogP contribution in [0.5, 0.6) is 0 Å². The summed E-state index contributed by atoms with van der Waals surface area (Å²) in [6.45, 7) is 7.36. The van der Waals surface area contributed by atoms with Gasteiger partial charge in [0.05, 0.1) is 30.9 Å². The molecule has 4 aliphatic carbocycles. The van der Waals surface area contributed by atoms with Gasteiger partial charge in [-0.15, -0.1) is 4.99 Å². The highest BCUT2D eigenvalue weighted by atomic mass is 16.5. The Bertz CT molecular complexity index is 1430. The highest BCUT2D eigenvalue weighted by molar-refractivity contribution is 6.06. The van der Waals surface area contributed by atoms with Crippen molar-refractivity contribution in [1.29, 1.82) is 0 Å². The number of allylic oxidation sites excluding steroid dienone is 1. The summed E-state index contributed by atoms with van der Waals surface area (Å²) in [5.74, 6) is 8.98. The van der Waals surface area contributed by atoms with Crippen molar-refractivity contribution in [1.82, 2.24) is 5.32 Å². The Morgan fingerprint density at radius 2 is 1.77 bits per heavy atom. The summed E-state index contributed by atoms with van der Waals surface area (Å²) in [7, 11) is 1.65. The summed E-state index contributed by atoms with van der Waals surface area (Å²) >= 11 is 0. The van der Waals surface area contributed by atoms with Crippen molar-refractivity contribution in [3.05, 3.63) is 17.7 Å². The maximum atomic E-state index is 14.7. The van der Waals surface area contributed by atoms with Crippen molar-refractivity contribution in [2.75, 3.05) is 13.7 Å². The van der Waals surface area contributed by atoms with Crippen molar-refractivity contribution in [2.24, 2.45) is 75.8 Å². The minimum absolute atomic E-state index is 0.0258. The van der Waals surface area contributed by atoms with Crippen LogP contribution in [0.15, 0.2) is 16.8 Å². The number of ketones is 2. The second kappa shape index (κ2) is 20.3. The predicted molar refractivity (Wildman–Crippen MR) is 221 cm³/mol. The van der Waals surface area contributed by atoms with Gasteiger partial charge in [0, 0.05) is 37.2 Å². The third-order valence-corrected chi connectivity index (χ3v) is 15.1. The zero-order chi connectivity index (χ0) is 39.9. The van der Waals surface area contributed by atoms with E-state index in [1.807, 2.05) is 6.21 Å². The number of hydrogen-bond donors (Lipinski definition) is 5. The second-order valence-electron chi connectivity index (χ2n) is 19.3. The maximum Gasteiger partial charge on any atom is 0.177 e. The van der Waals surface area contributed by atoms with Crippen LogP contribution in [0.25, 0.3) is 0 Å². The summed E-state index contributed by atoms with van der Waals surface area (Å²) in [6, 6.07) is 0. The molecule has 0 spiro atoms. The lowest BCUT2D eigenvalue weighted by molar-refractivity contribution is -0.142. The van der Waals surface area contributed by atoms with Gasteiger partial charge in [0.25, 0.3) is 0 Å². The molecule has 6 rings (SSSR count). The third-order valence-electron chi connectivity index (χ3n) is 15.1. The molecule has 0 radical (unpaired) electrons. The summed E-state index contributed by atoms with van der Waals surface area (Å²) in [4.78, 5) is 33.2. The minimum atomic E-state index is -1.68. The van der Waals surface area contributed by atoms with E-state index in [1.54, 1.807) is 7.11 Å². The Hall–Kier alpha value is -2.06. The number of nitrogens with two attached hydrogens (primary N) is 1. The average molecular weight is 777 g/mol. The van der Waals surface area contributed by atoms with Crippen LogP contribution < -0.4 is 11.1 Å². The van der Waals surface area contributed by atoms with Gasteiger partial charge in [-0.25, -0.2) is 0 Å². The first kappa shape index (κ1) is 43.5. The first-order chi connectivity index (χ1) is 26.9. The van der Waals surface area contributed by atoms with Crippen LogP contribution >= 0.6 is 0 Å². The lowest BCUT2D eigenvalue weighted by Crippen LogP contribution is -2.45. The summed E-state index contributed by atoms with van der Waals surface area (Å²) in [5, 5.41) is 38.4. The molecule has 4 fully saturated rings. The normalized spacial score (nSPS) is 38.7. The number of methoxy groups -OCH3 is 1. The average Bonchev–Trinajstić information content (AvgIpc) is 3.58. The molecule has 9 nitrogen and oxygen atoms in total. The number of hydrogen-bond acceptors (Lipinski definition) is 9. The van der Waals surface area contributed by atoms with Gasteiger partial charge in [0.1, 0.15) is 18.2 Å². The molecule has 0 bridgehead atoms. The molecule has 14 unspecified atom stereocenters. The summed E-state index contributed by atoms with van der Waals surface area (Å²) < 4.78 is 5.74. The van der Waals surface area contributed by atoms with Gasteiger partial charge >= 0.3 is 0 Å². The summed E-state index contributed by atoms with van der Waals surface area (Å²) in [6.07, 6.45) is 15.9. The van der Waals surface area contributed by atoms with Crippen LogP contribution in [0.4, 0.5) is 0 Å². The first-order valence-electron chi connectivity index (χ1n) is 22.7. The van der Waals surface area contributed by atoms with Crippen LogP contribution in [0, 0.1) is 82.9 Å². The number of carbonyl (C=O) groups is 2. The number of nitrogens with zero attached hydrogens (tertiary/aromatic N) is 1. The first-order valence-corrected chi connectivity index (χ1v) is 22.7. The lowest BCUT2D eigenvalue weighted by atomic mass is 9.63. The van der Waals surface area contributed by atoms with Crippen molar-refractivity contribution >= 4 is 17.8 Å². The van der Waals surface area contributed by atoms with E-state index in [0.29, 0.717) is 49.9 Å². The number of piperidine rings is 1. The quantitative estimate of drug-likeness (QED) is 0.0898. The van der Waals surface area contributed by atoms with E-state index in [1.165, 1.54) is 25.2 Å². The Labute approximate surface area is 337 Å². The lowest BCUT2D eigenvalue weighted by Gasteiger charge is -2.44. The zero-order valence-electron chi connectivity index (χ0n) is 34.9. The molecular formula is C47H74N3O6+. The number of carbonyl (C=O) groups excluding carboxylic acids is 2. The van der Waals surface area contributed by atoms with Gasteiger partial charge in [0.2, 0.25) is 0 Å². The van der Waals surface area contributed by atoms with E-state index in [9.17, 15) is 24.9 Å². The highest BCUT2D eigenvalue weighted by Crippen LogP contribution is 2.48. The molecule has 312 valence electrons. The Morgan fingerprint density at radius 3 is 2.46 bits per heavy atom. The van der Waals surface area contributed by atoms with Crippen molar-refractivity contribution in [3.8, 4) is 11.8 Å². The number of aliphatic imine (C=N–C) groups is 1. The molecule has 0 aromatic rings. The van der Waals surface area contributed by atoms with E-state index in [4.69, 9.17) is 10.5 Å². The molecule has 14 atom stereocenters. The monoisotopic (exact) mass is 777 g/mol. The predicted octanol–water partition coefficient (Wildman–Crippen LogP) is 6.57. The molecule has 0 aromatic heterocycles. The molecule has 9 heteroatoms. The van der Waals surface area contributed by atoms with Crippen LogP contribution in [-0.4, -0.2) is 77.3 Å². The Kier molecular flexibility index (Phi) is 15.8. The van der Waals surface area contributed by atoms with E-state index in [2.05, 4.69) is 49.0 Å². The number of Topliss-reactive ketones (excluding diaryl/α,β-unsaturated/α-hetero) is 2. The van der Waals surface area contributed by atoms with Crippen molar-refractivity contribution in [2.45, 2.75) is 167 Å². The molecule has 1 saturated heterocycles. The second-order valence-corrected chi connectivity index (χ2v) is 19.3. The highest BCUT2D eigenvalue weighted by Gasteiger charge is 2.47. The fraction of sp³-hybridized carbons (Fsp3) is 0.830. The fourth-order valence-electron chi connectivity index (χ4n) is 12.0. The van der Waals surface area contributed by atoms with Crippen LogP contribution in [0.3, 0.4) is 0 Å². The van der Waals surface area contributed by atoms with Gasteiger partial charge in [-0.05, 0) is 139 Å². The molecule has 0 amide bonds. The molecule has 0 aromatic carbocycles. The van der Waals surface area contributed by atoms with Gasteiger partial charge in [-0.3, -0.25) is 9.59 Å². The van der Waals surface area contributed by atoms with Gasteiger partial charge in [-0.1, -0.05) is 44.4 Å². The van der Waals surface area contributed by atoms with E-state index < -0.39 is 30.0 Å². The molecule has 2 heterocycles. The molecular weight excluding hydrogens is 703 g/mol. The number of aliphatic hydroxyl groups is 3. The number of nitrogens with one attached hydrogen (secondary N) is 1. The Morgan fingerprint density at radius 1 is 0.982 bits per heavy atom. The third kappa shape index (κ3) is 10.8. The van der Waals surface area contributed by atoms with Crippen LogP contribution in [0.2, 0.25) is 0 Å². The topological polar surface area (TPSA) is 154 Å². The van der Waals surface area contributed by atoms with Crippen molar-refractivity contribution in [3.63, 3.8) is 0 Å². The number of fused-ring (bicyclic) bond motifs is 2. The van der Waals surface area contributed by atoms with Gasteiger partial charge in [0.15, 0.2) is 23.4 Å². The smallest absolute Gasteiger partial charge is 0.177 e. The molecule has 56 heavy (non-hydrogen) atoms. The fourth-order valence-corrected chi connectivity index (χ4v) is 12.0. The van der Waals surface area contributed by atoms with E-state index >= 15 is 0 Å². The van der Waals surface area contributed by atoms with Gasteiger partial charge < -0.3 is 31.1 Å². The van der Waals surface area contributed by atoms with Crippen LogP contribution in [-0.2, 0) is 14.3 Å². The minimum Gasteiger partial charge on any atom is -0.391 e. The molecule has 2 aliphatic heterocycles. The number of ether oxygens (including phenoxy) is 1. The largest absolute Gasteiger partial charge is 0.391 e. The summed E-state index contributed by atoms with van der Waals surface area (Å²) in [5.41, 5.74) is 7.33. The molecule has 3 saturated carbocycles. The van der Waals surface area contributed by atoms with E-state index in [-0.39, 0.29) is 65.9 Å². The van der Waals surface area contributed by atoms with Crippen LogP contribution in [0.1, 0.15) is 136 Å². The van der Waals surface area contributed by atoms with E-state index in [0.717, 1.165) is 70.0 Å². The molecule has 6 aliphatic rings. The number of aliphatic hydroxyl groups excluding tert-OH is 3. The maximum absolute atomic E-state index is 14.7. The number of rotatable bonds is 11. The zero-order valence-corrected chi connectivity index (χ0v) is 34.9. The standard InChI is InChI=1S/C47H74N3O6/c1-5-9-38(42(52)25-36-22-35(27-50-36)28(2)3)34-20-30(18-29-16-17-49-45(48)21-29)19-32-12-14-37(31-10-7-6-8-11-31)39-26-43(53)44(56-4)24-33(39)13-15-41(51)47(55)46(54)40(32)23-34/h22,27-34,37-40,42-45,47,49,52-53,55H,5-11,13,15-21,23-26,48H2,1-4H3/q+1.